The molecule has 24 heavy (non-hydrogen) atoms. The Balaban J connectivity index is 0.00000208. The van der Waals surface area contributed by atoms with Crippen LogP contribution in [0.4, 0.5) is 17.2 Å². The Hall–Kier alpha value is -1.57. The molecule has 8 heteroatoms. The number of pyridine rings is 2. The molecule has 0 aromatic carbocycles. The third-order valence-corrected chi connectivity index (χ3v) is 4.29. The molecule has 0 amide bonds. The number of piperazine rings is 1. The van der Waals surface area contributed by atoms with Crippen molar-refractivity contribution in [3.8, 4) is 5.88 Å². The summed E-state index contributed by atoms with van der Waals surface area (Å²) in [6, 6.07) is 6.46. The van der Waals surface area contributed by atoms with Crippen LogP contribution in [-0.2, 0) is 0 Å². The number of aromatic nitrogens is 2. The Morgan fingerprint density at radius 1 is 1.33 bits per heavy atom. The van der Waals surface area contributed by atoms with Gasteiger partial charge in [0.15, 0.2) is 0 Å². The molecule has 0 saturated carbocycles. The fraction of sp³-hybridized carbons (Fsp3) is 0.375. The van der Waals surface area contributed by atoms with Crippen molar-refractivity contribution < 1.29 is 4.74 Å². The van der Waals surface area contributed by atoms with E-state index >= 15 is 0 Å². The van der Waals surface area contributed by atoms with Crippen LogP contribution in [-0.4, -0.2) is 42.8 Å². The summed E-state index contributed by atoms with van der Waals surface area (Å²) in [7, 11) is 1.60. The van der Waals surface area contributed by atoms with Gasteiger partial charge in [-0.3, -0.25) is 0 Å². The molecular weight excluding hydrogens is 394 g/mol. The maximum Gasteiger partial charge on any atom is 0.237 e. The summed E-state index contributed by atoms with van der Waals surface area (Å²) in [6.07, 6.45) is 3.61. The number of rotatable bonds is 4. The molecule has 3 heterocycles. The maximum absolute atomic E-state index is 5.27. The molecule has 1 atom stereocenters. The number of anilines is 3. The third-order valence-electron chi connectivity index (χ3n) is 3.85. The molecule has 2 aromatic rings. The van der Waals surface area contributed by atoms with Gasteiger partial charge in [0, 0.05) is 36.3 Å². The van der Waals surface area contributed by atoms with E-state index in [4.69, 9.17) is 4.74 Å². The molecule has 0 aliphatic carbocycles. The van der Waals surface area contributed by atoms with Crippen LogP contribution in [0.3, 0.4) is 0 Å². The van der Waals surface area contributed by atoms with Gasteiger partial charge in [0.2, 0.25) is 5.88 Å². The minimum atomic E-state index is 0. The van der Waals surface area contributed by atoms with Crippen molar-refractivity contribution >= 4 is 45.5 Å². The average molecular weight is 415 g/mol. The third kappa shape index (κ3) is 4.28. The van der Waals surface area contributed by atoms with Crippen LogP contribution in [0.15, 0.2) is 35.1 Å². The van der Waals surface area contributed by atoms with Crippen LogP contribution >= 0.6 is 28.3 Å². The van der Waals surface area contributed by atoms with Gasteiger partial charge in [-0.25, -0.2) is 9.97 Å². The summed E-state index contributed by atoms with van der Waals surface area (Å²) in [6.45, 7) is 5.22. The lowest BCUT2D eigenvalue weighted by molar-refractivity contribution is 0.400. The van der Waals surface area contributed by atoms with Gasteiger partial charge in [-0.05, 0) is 41.1 Å². The van der Waals surface area contributed by atoms with Crippen molar-refractivity contribution in [3.05, 3.63) is 35.1 Å². The Kier molecular flexibility index (Phi) is 6.65. The second-order valence-corrected chi connectivity index (χ2v) is 6.40. The summed E-state index contributed by atoms with van der Waals surface area (Å²) in [5.41, 5.74) is 1.92. The molecule has 6 nitrogen and oxygen atoms in total. The summed E-state index contributed by atoms with van der Waals surface area (Å²) < 4.78 is 6.15. The maximum atomic E-state index is 5.27. The molecule has 1 unspecified atom stereocenters. The fourth-order valence-corrected chi connectivity index (χ4v) is 3.00. The van der Waals surface area contributed by atoms with Gasteiger partial charge in [0.1, 0.15) is 11.5 Å². The standard InChI is InChI=1S/C16H20BrN5O.ClH/c1-11-8-18-5-6-22(11)13-3-4-15(19-10-13)21-14-7-12(17)9-20-16(14)23-2;/h3-4,7,9-11,18H,5-6,8H2,1-2H3,(H,19,21);1H. The Morgan fingerprint density at radius 3 is 2.83 bits per heavy atom. The van der Waals surface area contributed by atoms with Gasteiger partial charge in [0.05, 0.1) is 19.0 Å². The predicted octanol–water partition coefficient (Wildman–Crippen LogP) is 3.21. The van der Waals surface area contributed by atoms with Crippen molar-refractivity contribution in [2.75, 3.05) is 37.0 Å². The lowest BCUT2D eigenvalue weighted by Crippen LogP contribution is -2.49. The van der Waals surface area contributed by atoms with E-state index in [-0.39, 0.29) is 12.4 Å². The molecule has 1 aliphatic heterocycles. The Labute approximate surface area is 156 Å². The first-order valence-corrected chi connectivity index (χ1v) is 8.36. The smallest absolute Gasteiger partial charge is 0.237 e. The number of hydrogen-bond donors (Lipinski definition) is 2. The quantitative estimate of drug-likeness (QED) is 0.801. The Bertz CT molecular complexity index is 670. The number of hydrogen-bond acceptors (Lipinski definition) is 6. The topological polar surface area (TPSA) is 62.3 Å². The number of methoxy groups -OCH3 is 1. The molecular formula is C16H21BrClN5O. The zero-order chi connectivity index (χ0) is 16.2. The van der Waals surface area contributed by atoms with Gasteiger partial charge < -0.3 is 20.3 Å². The summed E-state index contributed by atoms with van der Waals surface area (Å²) in [5, 5.41) is 6.64. The highest BCUT2D eigenvalue weighted by atomic mass is 79.9. The van der Waals surface area contributed by atoms with Gasteiger partial charge in [-0.1, -0.05) is 0 Å². The van der Waals surface area contributed by atoms with E-state index < -0.39 is 0 Å². The molecule has 0 bridgehead atoms. The van der Waals surface area contributed by atoms with E-state index in [1.807, 2.05) is 18.3 Å². The molecule has 2 N–H and O–H groups in total. The van der Waals surface area contributed by atoms with Crippen molar-refractivity contribution in [2.45, 2.75) is 13.0 Å². The monoisotopic (exact) mass is 413 g/mol. The highest BCUT2D eigenvalue weighted by molar-refractivity contribution is 9.10. The van der Waals surface area contributed by atoms with E-state index in [9.17, 15) is 0 Å². The van der Waals surface area contributed by atoms with E-state index in [1.165, 1.54) is 0 Å². The number of nitrogens with zero attached hydrogens (tertiary/aromatic N) is 3. The number of ether oxygens (including phenoxy) is 1. The summed E-state index contributed by atoms with van der Waals surface area (Å²) in [5.74, 6) is 1.30. The Morgan fingerprint density at radius 2 is 2.17 bits per heavy atom. The van der Waals surface area contributed by atoms with Crippen molar-refractivity contribution in [3.63, 3.8) is 0 Å². The zero-order valence-corrected chi connectivity index (χ0v) is 16.0. The van der Waals surface area contributed by atoms with E-state index in [2.05, 4.69) is 54.4 Å². The molecule has 0 spiro atoms. The van der Waals surface area contributed by atoms with Crippen molar-refractivity contribution in [1.29, 1.82) is 0 Å². The average Bonchev–Trinajstić information content (AvgIpc) is 2.56. The van der Waals surface area contributed by atoms with Crippen molar-refractivity contribution in [1.82, 2.24) is 15.3 Å². The van der Waals surface area contributed by atoms with Gasteiger partial charge in [-0.2, -0.15) is 0 Å². The first-order chi connectivity index (χ1) is 11.2. The van der Waals surface area contributed by atoms with Crippen LogP contribution in [0.5, 0.6) is 5.88 Å². The highest BCUT2D eigenvalue weighted by Crippen LogP contribution is 2.28. The van der Waals surface area contributed by atoms with Crippen LogP contribution < -0.4 is 20.3 Å². The summed E-state index contributed by atoms with van der Waals surface area (Å²) >= 11 is 3.42. The fourth-order valence-electron chi connectivity index (χ4n) is 2.67. The molecule has 2 aromatic heterocycles. The van der Waals surface area contributed by atoms with Gasteiger partial charge in [0.25, 0.3) is 0 Å². The van der Waals surface area contributed by atoms with Gasteiger partial charge >= 0.3 is 0 Å². The van der Waals surface area contributed by atoms with Crippen molar-refractivity contribution in [2.24, 2.45) is 0 Å². The molecule has 3 rings (SSSR count). The SMILES string of the molecule is COc1ncc(Br)cc1Nc1ccc(N2CCNCC2C)cn1.Cl. The first-order valence-electron chi connectivity index (χ1n) is 7.57. The first kappa shape index (κ1) is 18.8. The number of halogens is 2. The van der Waals surface area contributed by atoms with Crippen LogP contribution in [0.25, 0.3) is 0 Å². The molecule has 1 aliphatic rings. The van der Waals surface area contributed by atoms with Crippen LogP contribution in [0.1, 0.15) is 6.92 Å². The number of nitrogens with one attached hydrogen (secondary N) is 2. The lowest BCUT2D eigenvalue weighted by Gasteiger charge is -2.35. The molecule has 0 radical (unpaired) electrons. The highest BCUT2D eigenvalue weighted by Gasteiger charge is 2.18. The van der Waals surface area contributed by atoms with Crippen LogP contribution in [0, 0.1) is 0 Å². The van der Waals surface area contributed by atoms with Gasteiger partial charge in [-0.15, -0.1) is 12.4 Å². The van der Waals surface area contributed by atoms with E-state index in [0.717, 1.165) is 41.3 Å². The van der Waals surface area contributed by atoms with E-state index in [0.29, 0.717) is 11.9 Å². The molecule has 130 valence electrons. The largest absolute Gasteiger partial charge is 0.480 e. The molecule has 1 fully saturated rings. The predicted molar refractivity (Wildman–Crippen MR) is 103 cm³/mol. The summed E-state index contributed by atoms with van der Waals surface area (Å²) in [4.78, 5) is 11.1. The lowest BCUT2D eigenvalue weighted by atomic mass is 10.2. The normalized spacial score (nSPS) is 17.1. The second-order valence-electron chi connectivity index (χ2n) is 5.48. The van der Waals surface area contributed by atoms with Crippen LogP contribution in [0.2, 0.25) is 0 Å². The zero-order valence-electron chi connectivity index (χ0n) is 13.6. The minimum absolute atomic E-state index is 0. The second kappa shape index (κ2) is 8.50. The minimum Gasteiger partial charge on any atom is -0.480 e. The van der Waals surface area contributed by atoms with E-state index in [1.54, 1.807) is 13.3 Å². The molecule has 1 saturated heterocycles.